The van der Waals surface area contributed by atoms with Crippen molar-refractivity contribution in [3.63, 3.8) is 0 Å². The molecule has 0 spiro atoms. The summed E-state index contributed by atoms with van der Waals surface area (Å²) in [5, 5.41) is 7.15. The molecule has 1 N–H and O–H groups in total. The molecule has 2 fully saturated rings. The highest BCUT2D eigenvalue weighted by Gasteiger charge is 2.26. The van der Waals surface area contributed by atoms with Crippen molar-refractivity contribution in [1.82, 2.24) is 15.5 Å². The predicted octanol–water partition coefficient (Wildman–Crippen LogP) is -0.182. The Kier molecular flexibility index (Phi) is 3.32. The molecular weight excluding hydrogens is 226 g/mol. The minimum absolute atomic E-state index is 0.134. The van der Waals surface area contributed by atoms with Crippen molar-refractivity contribution in [2.75, 3.05) is 39.5 Å². The Hall–Kier alpha value is -1.02. The van der Waals surface area contributed by atoms with Crippen molar-refractivity contribution < 1.29 is 18.7 Å². The number of morpholine rings is 1. The molecule has 2 aliphatic heterocycles. The van der Waals surface area contributed by atoms with E-state index in [1.54, 1.807) is 0 Å². The summed E-state index contributed by atoms with van der Waals surface area (Å²) in [4.78, 5) is 4.31. The van der Waals surface area contributed by atoms with Crippen molar-refractivity contribution >= 4 is 0 Å². The Morgan fingerprint density at radius 2 is 2.06 bits per heavy atom. The van der Waals surface area contributed by atoms with E-state index >= 15 is 0 Å². The summed E-state index contributed by atoms with van der Waals surface area (Å²) in [6.45, 7) is 3.88. The fourth-order valence-corrected chi connectivity index (χ4v) is 1.87. The summed E-state index contributed by atoms with van der Waals surface area (Å²) < 4.78 is 21.5. The van der Waals surface area contributed by atoms with Gasteiger partial charge in [-0.05, 0) is 0 Å². The van der Waals surface area contributed by atoms with Crippen molar-refractivity contribution in [1.29, 1.82) is 0 Å². The second-order valence-electron chi connectivity index (χ2n) is 3.99. The highest BCUT2D eigenvalue weighted by atomic mass is 16.6. The van der Waals surface area contributed by atoms with E-state index in [1.165, 1.54) is 0 Å². The zero-order valence-electron chi connectivity index (χ0n) is 9.42. The molecule has 0 aromatic carbocycles. The van der Waals surface area contributed by atoms with Gasteiger partial charge in [-0.2, -0.15) is 4.98 Å². The van der Waals surface area contributed by atoms with Gasteiger partial charge in [-0.25, -0.2) is 0 Å². The molecule has 0 saturated carbocycles. The molecule has 3 heterocycles. The van der Waals surface area contributed by atoms with E-state index in [0.29, 0.717) is 44.7 Å². The number of ether oxygens (including phenoxy) is 3. The predicted molar refractivity (Wildman–Crippen MR) is 55.4 cm³/mol. The van der Waals surface area contributed by atoms with Gasteiger partial charge in [-0.1, -0.05) is 5.16 Å². The Bertz CT molecular complexity index is 326. The summed E-state index contributed by atoms with van der Waals surface area (Å²) in [5.74, 6) is 1.04. The zero-order valence-corrected chi connectivity index (χ0v) is 9.42. The number of hydrogen-bond acceptors (Lipinski definition) is 7. The molecule has 2 atom stereocenters. The van der Waals surface area contributed by atoms with Crippen LogP contribution < -0.4 is 5.32 Å². The van der Waals surface area contributed by atoms with Crippen LogP contribution in [0.15, 0.2) is 4.52 Å². The van der Waals surface area contributed by atoms with Crippen LogP contribution in [0.1, 0.15) is 23.9 Å². The van der Waals surface area contributed by atoms with Crippen LogP contribution >= 0.6 is 0 Å². The fourth-order valence-electron chi connectivity index (χ4n) is 1.87. The first kappa shape index (κ1) is 11.1. The van der Waals surface area contributed by atoms with E-state index in [4.69, 9.17) is 18.7 Å². The molecule has 0 bridgehead atoms. The lowest BCUT2D eigenvalue weighted by molar-refractivity contribution is -0.101. The monoisotopic (exact) mass is 241 g/mol. The molecule has 17 heavy (non-hydrogen) atoms. The van der Waals surface area contributed by atoms with Gasteiger partial charge in [0.1, 0.15) is 6.10 Å². The second-order valence-corrected chi connectivity index (χ2v) is 3.99. The van der Waals surface area contributed by atoms with Crippen LogP contribution in [-0.4, -0.2) is 49.7 Å². The van der Waals surface area contributed by atoms with Gasteiger partial charge in [0.05, 0.1) is 26.4 Å². The summed E-state index contributed by atoms with van der Waals surface area (Å²) >= 11 is 0. The van der Waals surface area contributed by atoms with Crippen LogP contribution in [0.25, 0.3) is 0 Å². The third-order valence-corrected chi connectivity index (χ3v) is 2.76. The van der Waals surface area contributed by atoms with Crippen LogP contribution in [0.4, 0.5) is 0 Å². The van der Waals surface area contributed by atoms with E-state index in [1.807, 2.05) is 0 Å². The molecular formula is C10H15N3O4. The molecule has 2 unspecified atom stereocenters. The van der Waals surface area contributed by atoms with Crippen LogP contribution in [-0.2, 0) is 14.2 Å². The molecule has 0 aliphatic carbocycles. The number of rotatable bonds is 2. The van der Waals surface area contributed by atoms with Crippen LogP contribution in [0, 0.1) is 0 Å². The van der Waals surface area contributed by atoms with E-state index in [-0.39, 0.29) is 12.2 Å². The maximum Gasteiger partial charge on any atom is 0.258 e. The number of nitrogens with one attached hydrogen (secondary N) is 1. The van der Waals surface area contributed by atoms with Crippen molar-refractivity contribution in [2.45, 2.75) is 12.2 Å². The quantitative estimate of drug-likeness (QED) is 0.769. The molecule has 0 amide bonds. The standard InChI is InChI=1S/C10H15N3O4/c1-2-15-7(5-11-1)9-12-10(17-13-9)8-6-14-3-4-16-8/h7-8,11H,1-6H2. The Morgan fingerprint density at radius 3 is 2.82 bits per heavy atom. The largest absolute Gasteiger partial charge is 0.376 e. The Balaban J connectivity index is 1.68. The molecule has 94 valence electrons. The summed E-state index contributed by atoms with van der Waals surface area (Å²) in [5.41, 5.74) is 0. The van der Waals surface area contributed by atoms with Gasteiger partial charge in [0.2, 0.25) is 5.82 Å². The highest BCUT2D eigenvalue weighted by molar-refractivity contribution is 4.96. The zero-order chi connectivity index (χ0) is 11.5. The molecule has 2 aliphatic rings. The first-order chi connectivity index (χ1) is 8.43. The lowest BCUT2D eigenvalue weighted by Gasteiger charge is -2.21. The topological polar surface area (TPSA) is 78.6 Å². The molecule has 2 saturated heterocycles. The number of aromatic nitrogens is 2. The minimum Gasteiger partial charge on any atom is -0.376 e. The molecule has 7 nitrogen and oxygen atoms in total. The van der Waals surface area contributed by atoms with Crippen molar-refractivity contribution in [3.8, 4) is 0 Å². The van der Waals surface area contributed by atoms with Crippen molar-refractivity contribution in [3.05, 3.63) is 11.7 Å². The SMILES string of the molecule is C1COC(c2noc(C3COCCO3)n2)CN1. The summed E-state index contributed by atoms with van der Waals surface area (Å²) in [6.07, 6.45) is -0.382. The number of hydrogen-bond donors (Lipinski definition) is 1. The van der Waals surface area contributed by atoms with Gasteiger partial charge in [0.15, 0.2) is 6.10 Å². The molecule has 7 heteroatoms. The first-order valence-electron chi connectivity index (χ1n) is 5.78. The van der Waals surface area contributed by atoms with Gasteiger partial charge in [-0.3, -0.25) is 0 Å². The first-order valence-corrected chi connectivity index (χ1v) is 5.78. The smallest absolute Gasteiger partial charge is 0.258 e. The van der Waals surface area contributed by atoms with Crippen molar-refractivity contribution in [2.24, 2.45) is 0 Å². The molecule has 0 radical (unpaired) electrons. The van der Waals surface area contributed by atoms with Gasteiger partial charge < -0.3 is 24.1 Å². The van der Waals surface area contributed by atoms with Gasteiger partial charge in [-0.15, -0.1) is 0 Å². The van der Waals surface area contributed by atoms with E-state index < -0.39 is 0 Å². The molecule has 3 rings (SSSR count). The Labute approximate surface area is 98.4 Å². The Morgan fingerprint density at radius 1 is 1.12 bits per heavy atom. The maximum atomic E-state index is 5.55. The average molecular weight is 241 g/mol. The second kappa shape index (κ2) is 5.09. The van der Waals surface area contributed by atoms with E-state index in [9.17, 15) is 0 Å². The van der Waals surface area contributed by atoms with Crippen LogP contribution in [0.2, 0.25) is 0 Å². The lowest BCUT2D eigenvalue weighted by atomic mass is 10.3. The summed E-state index contributed by atoms with van der Waals surface area (Å²) in [6, 6.07) is 0. The third kappa shape index (κ3) is 2.47. The fraction of sp³-hybridized carbons (Fsp3) is 0.800. The summed E-state index contributed by atoms with van der Waals surface area (Å²) in [7, 11) is 0. The minimum atomic E-state index is -0.249. The normalized spacial score (nSPS) is 30.4. The molecule has 1 aromatic heterocycles. The number of nitrogens with zero attached hydrogens (tertiary/aromatic N) is 2. The average Bonchev–Trinajstić information content (AvgIpc) is 2.90. The van der Waals surface area contributed by atoms with Crippen LogP contribution in [0.5, 0.6) is 0 Å². The van der Waals surface area contributed by atoms with E-state index in [0.717, 1.165) is 6.54 Å². The van der Waals surface area contributed by atoms with E-state index in [2.05, 4.69) is 15.5 Å². The highest BCUT2D eigenvalue weighted by Crippen LogP contribution is 2.22. The third-order valence-electron chi connectivity index (χ3n) is 2.76. The van der Waals surface area contributed by atoms with Crippen LogP contribution in [0.3, 0.4) is 0 Å². The maximum absolute atomic E-state index is 5.55. The van der Waals surface area contributed by atoms with Gasteiger partial charge >= 0.3 is 0 Å². The van der Waals surface area contributed by atoms with Gasteiger partial charge in [0.25, 0.3) is 5.89 Å². The lowest BCUT2D eigenvalue weighted by Crippen LogP contribution is -2.33. The van der Waals surface area contributed by atoms with Gasteiger partial charge in [0, 0.05) is 13.1 Å². The molecule has 1 aromatic rings.